The van der Waals surface area contributed by atoms with Gasteiger partial charge in [-0.1, -0.05) is 30.3 Å². The molecule has 1 aromatic carbocycles. The van der Waals surface area contributed by atoms with E-state index >= 15 is 0 Å². The summed E-state index contributed by atoms with van der Waals surface area (Å²) in [6.07, 6.45) is 2.51. The Morgan fingerprint density at radius 3 is 2.52 bits per heavy atom. The molecule has 1 amide bonds. The highest BCUT2D eigenvalue weighted by molar-refractivity contribution is 5.94. The third kappa shape index (κ3) is 3.79. The molecule has 0 radical (unpaired) electrons. The number of pyridine rings is 1. The number of carboxylic acid groups (broad SMARTS) is 1. The van der Waals surface area contributed by atoms with Crippen LogP contribution in [0.25, 0.3) is 0 Å². The average molecular weight is 286 g/mol. The minimum absolute atomic E-state index is 0.0478. The molecule has 108 valence electrons. The summed E-state index contributed by atoms with van der Waals surface area (Å²) in [6.45, 7) is -0.0478. The monoisotopic (exact) mass is 286 g/mol. The van der Waals surface area contributed by atoms with Gasteiger partial charge in [0.1, 0.15) is 5.75 Å². The van der Waals surface area contributed by atoms with E-state index in [9.17, 15) is 19.8 Å². The van der Waals surface area contributed by atoms with E-state index in [0.717, 1.165) is 0 Å². The molecule has 6 heteroatoms. The van der Waals surface area contributed by atoms with Crippen LogP contribution in [0.15, 0.2) is 48.8 Å². The van der Waals surface area contributed by atoms with E-state index in [-0.39, 0.29) is 17.9 Å². The molecule has 0 spiro atoms. The number of aliphatic carboxylic acids is 1. The van der Waals surface area contributed by atoms with Gasteiger partial charge < -0.3 is 15.5 Å². The highest BCUT2D eigenvalue weighted by atomic mass is 16.4. The summed E-state index contributed by atoms with van der Waals surface area (Å²) in [5.74, 6) is -2.46. The Balaban J connectivity index is 2.06. The van der Waals surface area contributed by atoms with E-state index in [1.165, 1.54) is 18.5 Å². The third-order valence-electron chi connectivity index (χ3n) is 2.95. The van der Waals surface area contributed by atoms with E-state index in [2.05, 4.69) is 10.3 Å². The minimum atomic E-state index is -1.02. The number of aromatic hydroxyl groups is 1. The van der Waals surface area contributed by atoms with Crippen LogP contribution in [0.2, 0.25) is 0 Å². The topological polar surface area (TPSA) is 99.5 Å². The number of aromatic nitrogens is 1. The predicted molar refractivity (Wildman–Crippen MR) is 75.1 cm³/mol. The van der Waals surface area contributed by atoms with Crippen LogP contribution in [0.4, 0.5) is 0 Å². The first-order chi connectivity index (χ1) is 10.1. The van der Waals surface area contributed by atoms with Crippen LogP contribution in [0.3, 0.4) is 0 Å². The number of hydrogen-bond acceptors (Lipinski definition) is 4. The Labute approximate surface area is 121 Å². The molecule has 1 atom stereocenters. The molecule has 0 fully saturated rings. The lowest BCUT2D eigenvalue weighted by molar-refractivity contribution is -0.138. The average Bonchev–Trinajstić information content (AvgIpc) is 2.48. The van der Waals surface area contributed by atoms with Crippen molar-refractivity contribution in [3.8, 4) is 5.75 Å². The van der Waals surface area contributed by atoms with Crippen LogP contribution in [0, 0.1) is 0 Å². The van der Waals surface area contributed by atoms with Gasteiger partial charge in [0, 0.05) is 12.7 Å². The Morgan fingerprint density at radius 1 is 1.19 bits per heavy atom. The van der Waals surface area contributed by atoms with Crippen molar-refractivity contribution in [3.05, 3.63) is 59.9 Å². The molecule has 2 rings (SSSR count). The number of nitrogens with one attached hydrogen (secondary N) is 1. The molecule has 1 aromatic heterocycles. The van der Waals surface area contributed by atoms with Crippen LogP contribution < -0.4 is 5.32 Å². The number of amides is 1. The zero-order valence-corrected chi connectivity index (χ0v) is 11.1. The van der Waals surface area contributed by atoms with Crippen molar-refractivity contribution in [2.45, 2.75) is 5.92 Å². The van der Waals surface area contributed by atoms with Gasteiger partial charge in [0.05, 0.1) is 17.7 Å². The zero-order chi connectivity index (χ0) is 15.2. The molecule has 0 aliphatic rings. The fourth-order valence-corrected chi connectivity index (χ4v) is 1.88. The number of hydrogen-bond donors (Lipinski definition) is 3. The standard InChI is InChI=1S/C15H14N2O4/c18-12-6-11(7-16-8-12)14(19)17-9-13(15(20)21)10-4-2-1-3-5-10/h1-8,13,18H,9H2,(H,17,19)(H,20,21). The van der Waals surface area contributed by atoms with Crippen molar-refractivity contribution in [1.29, 1.82) is 0 Å². The van der Waals surface area contributed by atoms with Crippen LogP contribution in [0.5, 0.6) is 5.75 Å². The number of carbonyl (C=O) groups excluding carboxylic acids is 1. The zero-order valence-electron chi connectivity index (χ0n) is 11.1. The van der Waals surface area contributed by atoms with E-state index in [1.807, 2.05) is 0 Å². The van der Waals surface area contributed by atoms with Gasteiger partial charge in [0.25, 0.3) is 5.91 Å². The Hall–Kier alpha value is -2.89. The largest absolute Gasteiger partial charge is 0.506 e. The molecular formula is C15H14N2O4. The summed E-state index contributed by atoms with van der Waals surface area (Å²) < 4.78 is 0. The lowest BCUT2D eigenvalue weighted by atomic mass is 9.99. The second-order valence-corrected chi connectivity index (χ2v) is 4.44. The van der Waals surface area contributed by atoms with Crippen LogP contribution in [-0.2, 0) is 4.79 Å². The maximum absolute atomic E-state index is 11.9. The number of rotatable bonds is 5. The van der Waals surface area contributed by atoms with Gasteiger partial charge in [-0.25, -0.2) is 0 Å². The summed E-state index contributed by atoms with van der Waals surface area (Å²) in [4.78, 5) is 26.9. The van der Waals surface area contributed by atoms with Crippen molar-refractivity contribution in [2.24, 2.45) is 0 Å². The van der Waals surface area contributed by atoms with Gasteiger partial charge >= 0.3 is 5.97 Å². The highest BCUT2D eigenvalue weighted by Gasteiger charge is 2.20. The van der Waals surface area contributed by atoms with Crippen LogP contribution >= 0.6 is 0 Å². The first kappa shape index (κ1) is 14.5. The third-order valence-corrected chi connectivity index (χ3v) is 2.95. The molecule has 0 aliphatic carbocycles. The first-order valence-electron chi connectivity index (χ1n) is 6.28. The molecule has 2 aromatic rings. The first-order valence-corrected chi connectivity index (χ1v) is 6.28. The lowest BCUT2D eigenvalue weighted by Gasteiger charge is -2.13. The molecule has 21 heavy (non-hydrogen) atoms. The van der Waals surface area contributed by atoms with E-state index in [4.69, 9.17) is 0 Å². The predicted octanol–water partition coefficient (Wildman–Crippen LogP) is 1.39. The number of carbonyl (C=O) groups is 2. The number of carboxylic acids is 1. The van der Waals surface area contributed by atoms with Gasteiger partial charge in [-0.3, -0.25) is 14.6 Å². The highest BCUT2D eigenvalue weighted by Crippen LogP contribution is 2.15. The Bertz CT molecular complexity index is 643. The Morgan fingerprint density at radius 2 is 1.90 bits per heavy atom. The molecule has 6 nitrogen and oxygen atoms in total. The van der Waals surface area contributed by atoms with Crippen molar-refractivity contribution < 1.29 is 19.8 Å². The molecule has 0 bridgehead atoms. The van der Waals surface area contributed by atoms with E-state index in [0.29, 0.717) is 5.56 Å². The summed E-state index contributed by atoms with van der Waals surface area (Å²) in [5.41, 5.74) is 0.784. The van der Waals surface area contributed by atoms with Gasteiger partial charge in [-0.2, -0.15) is 0 Å². The molecular weight excluding hydrogens is 272 g/mol. The van der Waals surface area contributed by atoms with Crippen LogP contribution in [-0.4, -0.2) is 33.6 Å². The number of benzene rings is 1. The fourth-order valence-electron chi connectivity index (χ4n) is 1.88. The molecule has 0 aliphatic heterocycles. The maximum atomic E-state index is 11.9. The van der Waals surface area contributed by atoms with Crippen molar-refractivity contribution >= 4 is 11.9 Å². The molecule has 0 saturated carbocycles. The van der Waals surface area contributed by atoms with Gasteiger partial charge in [-0.05, 0) is 11.6 Å². The number of nitrogens with zero attached hydrogens (tertiary/aromatic N) is 1. The summed E-state index contributed by atoms with van der Waals surface area (Å²) in [7, 11) is 0. The molecule has 1 unspecified atom stereocenters. The molecule has 1 heterocycles. The second-order valence-electron chi connectivity index (χ2n) is 4.44. The van der Waals surface area contributed by atoms with Crippen molar-refractivity contribution in [3.63, 3.8) is 0 Å². The van der Waals surface area contributed by atoms with Crippen LogP contribution in [0.1, 0.15) is 21.8 Å². The van der Waals surface area contributed by atoms with Gasteiger partial charge in [-0.15, -0.1) is 0 Å². The Kier molecular flexibility index (Phi) is 4.50. The molecule has 0 saturated heterocycles. The molecule has 3 N–H and O–H groups in total. The maximum Gasteiger partial charge on any atom is 0.312 e. The van der Waals surface area contributed by atoms with Crippen molar-refractivity contribution in [2.75, 3.05) is 6.54 Å². The minimum Gasteiger partial charge on any atom is -0.506 e. The lowest BCUT2D eigenvalue weighted by Crippen LogP contribution is -2.31. The summed E-state index contributed by atoms with van der Waals surface area (Å²) >= 11 is 0. The van der Waals surface area contributed by atoms with Gasteiger partial charge in [0.15, 0.2) is 0 Å². The summed E-state index contributed by atoms with van der Waals surface area (Å²) in [5, 5.41) is 21.1. The van der Waals surface area contributed by atoms with E-state index in [1.54, 1.807) is 30.3 Å². The van der Waals surface area contributed by atoms with Gasteiger partial charge in [0.2, 0.25) is 0 Å². The van der Waals surface area contributed by atoms with Crippen molar-refractivity contribution in [1.82, 2.24) is 10.3 Å². The smallest absolute Gasteiger partial charge is 0.312 e. The normalized spacial score (nSPS) is 11.6. The second kappa shape index (κ2) is 6.51. The SMILES string of the molecule is O=C(NCC(C(=O)O)c1ccccc1)c1cncc(O)c1. The fraction of sp³-hybridized carbons (Fsp3) is 0.133. The summed E-state index contributed by atoms with van der Waals surface area (Å²) in [6, 6.07) is 9.93. The van der Waals surface area contributed by atoms with E-state index < -0.39 is 17.8 Å². The quantitative estimate of drug-likeness (QED) is 0.771.